The summed E-state index contributed by atoms with van der Waals surface area (Å²) in [6.07, 6.45) is 26.6. The van der Waals surface area contributed by atoms with Crippen LogP contribution in [0.25, 0.3) is 0 Å². The van der Waals surface area contributed by atoms with Gasteiger partial charge in [0, 0.05) is 12.8 Å². The van der Waals surface area contributed by atoms with E-state index in [1.165, 1.54) is 83.5 Å². The molecule has 2 nitrogen and oxygen atoms in total. The van der Waals surface area contributed by atoms with E-state index in [9.17, 15) is 4.79 Å². The summed E-state index contributed by atoms with van der Waals surface area (Å²) in [6, 6.07) is 0. The maximum absolute atomic E-state index is 12.6. The smallest absolute Gasteiger partial charge is 0.306 e. The first-order valence-electron chi connectivity index (χ1n) is 17.1. The third-order valence-corrected chi connectivity index (χ3v) is 11.5. The molecular weight excluding hydrogens is 476 g/mol. The molecule has 0 aromatic rings. The van der Waals surface area contributed by atoms with E-state index in [2.05, 4.69) is 60.3 Å². The lowest BCUT2D eigenvalue weighted by Gasteiger charge is -2.57. The molecule has 39 heavy (non-hydrogen) atoms. The summed E-state index contributed by atoms with van der Waals surface area (Å²) in [7, 11) is 0. The van der Waals surface area contributed by atoms with Crippen LogP contribution in [0.3, 0.4) is 0 Å². The Morgan fingerprint density at radius 3 is 2.51 bits per heavy atom. The highest BCUT2D eigenvalue weighted by atomic mass is 16.5. The zero-order valence-corrected chi connectivity index (χ0v) is 26.9. The number of fused-ring (bicyclic) bond motifs is 3. The van der Waals surface area contributed by atoms with E-state index in [0.29, 0.717) is 17.3 Å². The van der Waals surface area contributed by atoms with Crippen LogP contribution in [0, 0.1) is 40.4 Å². The van der Waals surface area contributed by atoms with Gasteiger partial charge in [-0.1, -0.05) is 111 Å². The summed E-state index contributed by atoms with van der Waals surface area (Å²) in [5.41, 5.74) is 2.35. The molecule has 224 valence electrons. The molecule has 3 aliphatic rings. The zero-order chi connectivity index (χ0) is 28.5. The highest BCUT2D eigenvalue weighted by molar-refractivity contribution is 5.69. The number of rotatable bonds is 16. The fraction of sp³-hybridized carbons (Fsp3) is 0.865. The Morgan fingerprint density at radius 2 is 1.79 bits per heavy atom. The summed E-state index contributed by atoms with van der Waals surface area (Å²) in [6.45, 7) is 18.8. The largest absolute Gasteiger partial charge is 0.462 e. The summed E-state index contributed by atoms with van der Waals surface area (Å²) in [5.74, 6) is 3.98. The minimum absolute atomic E-state index is 0.0394. The predicted molar refractivity (Wildman–Crippen MR) is 168 cm³/mol. The molecule has 2 saturated carbocycles. The third-order valence-electron chi connectivity index (χ3n) is 11.5. The van der Waals surface area contributed by atoms with Gasteiger partial charge in [-0.3, -0.25) is 4.79 Å². The molecule has 0 aromatic heterocycles. The van der Waals surface area contributed by atoms with Gasteiger partial charge in [0.2, 0.25) is 0 Å². The Labute approximate surface area is 243 Å². The second-order valence-corrected chi connectivity index (χ2v) is 15.0. The Kier molecular flexibility index (Phi) is 12.7. The molecular formula is C37H64O2. The molecule has 3 aliphatic carbocycles. The molecule has 0 amide bonds. The minimum atomic E-state index is 0.0394. The first kappa shape index (κ1) is 32.5. The highest BCUT2D eigenvalue weighted by Crippen LogP contribution is 2.61. The number of carbonyl (C=O) groups excluding carboxylic acids is 1. The van der Waals surface area contributed by atoms with E-state index >= 15 is 0 Å². The van der Waals surface area contributed by atoms with Gasteiger partial charge in [-0.25, -0.2) is 0 Å². The van der Waals surface area contributed by atoms with Crippen molar-refractivity contribution in [3.05, 3.63) is 24.3 Å². The monoisotopic (exact) mass is 540 g/mol. The molecule has 2 heteroatoms. The second kappa shape index (κ2) is 15.3. The topological polar surface area (TPSA) is 26.3 Å². The summed E-state index contributed by atoms with van der Waals surface area (Å²) < 4.78 is 6.02. The van der Waals surface area contributed by atoms with E-state index in [1.54, 1.807) is 5.57 Å². The second-order valence-electron chi connectivity index (χ2n) is 15.0. The SMILES string of the molecule is C=CC[C@H]([C@H](C)CCCC(C)C)[C@@]1(C)CCC2[C@@H](CC=C3C[C@@H](OC(=O)CCCCCCCC)CC[C@@]32C)C1. The van der Waals surface area contributed by atoms with Crippen LogP contribution < -0.4 is 0 Å². The molecule has 0 saturated heterocycles. The van der Waals surface area contributed by atoms with Crippen molar-refractivity contribution < 1.29 is 9.53 Å². The molecule has 0 bridgehead atoms. The van der Waals surface area contributed by atoms with Crippen molar-refractivity contribution in [1.82, 2.24) is 0 Å². The lowest BCUT2D eigenvalue weighted by Crippen LogP contribution is -2.48. The molecule has 7 atom stereocenters. The van der Waals surface area contributed by atoms with Crippen LogP contribution in [-0.2, 0) is 9.53 Å². The number of carbonyl (C=O) groups is 1. The summed E-state index contributed by atoms with van der Waals surface area (Å²) >= 11 is 0. The van der Waals surface area contributed by atoms with Crippen molar-refractivity contribution in [3.63, 3.8) is 0 Å². The van der Waals surface area contributed by atoms with Gasteiger partial charge in [-0.05, 0) is 91.8 Å². The van der Waals surface area contributed by atoms with Crippen molar-refractivity contribution >= 4 is 5.97 Å². The number of hydrogen-bond acceptors (Lipinski definition) is 2. The molecule has 0 aromatic carbocycles. The first-order chi connectivity index (χ1) is 18.6. The third kappa shape index (κ3) is 8.72. The Bertz CT molecular complexity index is 795. The van der Waals surface area contributed by atoms with Gasteiger partial charge in [0.05, 0.1) is 0 Å². The standard InChI is InChI=1S/C37H64O2/c1-8-10-11-12-13-14-19-35(38)39-32-22-25-37(7)31(26-32)21-20-30-27-36(6,24-23-34(30)37)33(16-9-2)29(5)18-15-17-28(3)4/h9,21,28-30,32-34H,2,8,10-20,22-27H2,1,3-7H3/t29-,30+,32+,33-,34?,36+,37+/m1/s1. The molecule has 0 heterocycles. The molecule has 0 radical (unpaired) electrons. The normalized spacial score (nSPS) is 32.1. The van der Waals surface area contributed by atoms with Gasteiger partial charge >= 0.3 is 5.97 Å². The quantitative estimate of drug-likeness (QED) is 0.110. The van der Waals surface area contributed by atoms with E-state index in [-0.39, 0.29) is 12.1 Å². The Morgan fingerprint density at radius 1 is 1.05 bits per heavy atom. The van der Waals surface area contributed by atoms with Crippen LogP contribution in [0.4, 0.5) is 0 Å². The van der Waals surface area contributed by atoms with Gasteiger partial charge in [-0.15, -0.1) is 6.58 Å². The Balaban J connectivity index is 1.56. The zero-order valence-electron chi connectivity index (χ0n) is 26.9. The van der Waals surface area contributed by atoms with Crippen LogP contribution in [0.1, 0.15) is 157 Å². The lowest BCUT2D eigenvalue weighted by molar-refractivity contribution is -0.151. The number of esters is 1. The maximum atomic E-state index is 12.6. The van der Waals surface area contributed by atoms with Gasteiger partial charge in [0.15, 0.2) is 0 Å². The molecule has 0 spiro atoms. The van der Waals surface area contributed by atoms with Crippen LogP contribution >= 0.6 is 0 Å². The van der Waals surface area contributed by atoms with Gasteiger partial charge in [0.1, 0.15) is 6.10 Å². The van der Waals surface area contributed by atoms with Crippen LogP contribution in [0.5, 0.6) is 0 Å². The molecule has 1 unspecified atom stereocenters. The molecule has 2 fully saturated rings. The average molecular weight is 541 g/mol. The van der Waals surface area contributed by atoms with Gasteiger partial charge in [-0.2, -0.15) is 0 Å². The van der Waals surface area contributed by atoms with Crippen molar-refractivity contribution in [2.24, 2.45) is 40.4 Å². The first-order valence-corrected chi connectivity index (χ1v) is 17.1. The minimum Gasteiger partial charge on any atom is -0.462 e. The molecule has 3 rings (SSSR count). The Hall–Kier alpha value is -1.05. The van der Waals surface area contributed by atoms with E-state index in [4.69, 9.17) is 4.74 Å². The van der Waals surface area contributed by atoms with Gasteiger partial charge < -0.3 is 4.74 Å². The predicted octanol–water partition coefficient (Wildman–Crippen LogP) is 11.2. The van der Waals surface area contributed by atoms with Crippen LogP contribution in [0.15, 0.2) is 24.3 Å². The van der Waals surface area contributed by atoms with Crippen LogP contribution in [-0.4, -0.2) is 12.1 Å². The van der Waals surface area contributed by atoms with E-state index in [0.717, 1.165) is 55.3 Å². The number of ether oxygens (including phenoxy) is 1. The number of allylic oxidation sites excluding steroid dienone is 2. The van der Waals surface area contributed by atoms with Crippen LogP contribution in [0.2, 0.25) is 0 Å². The summed E-state index contributed by atoms with van der Waals surface area (Å²) in [4.78, 5) is 12.6. The molecule has 0 aliphatic heterocycles. The van der Waals surface area contributed by atoms with Gasteiger partial charge in [0.25, 0.3) is 0 Å². The highest BCUT2D eigenvalue weighted by Gasteiger charge is 2.52. The van der Waals surface area contributed by atoms with Crippen molar-refractivity contribution in [1.29, 1.82) is 0 Å². The average Bonchev–Trinajstić information content (AvgIpc) is 2.89. The van der Waals surface area contributed by atoms with Crippen molar-refractivity contribution in [3.8, 4) is 0 Å². The molecule has 0 N–H and O–H groups in total. The number of unbranched alkanes of at least 4 members (excludes halogenated alkanes) is 5. The summed E-state index contributed by atoms with van der Waals surface area (Å²) in [5, 5.41) is 0. The maximum Gasteiger partial charge on any atom is 0.306 e. The van der Waals surface area contributed by atoms with Crippen molar-refractivity contribution in [2.75, 3.05) is 0 Å². The van der Waals surface area contributed by atoms with E-state index in [1.807, 2.05) is 0 Å². The van der Waals surface area contributed by atoms with E-state index < -0.39 is 0 Å². The fourth-order valence-electron chi connectivity index (χ4n) is 9.05. The lowest BCUT2D eigenvalue weighted by atomic mass is 9.48. The fourth-order valence-corrected chi connectivity index (χ4v) is 9.05. The number of hydrogen-bond donors (Lipinski definition) is 0. The van der Waals surface area contributed by atoms with Crippen molar-refractivity contribution in [2.45, 2.75) is 163 Å².